The zero-order valence-electron chi connectivity index (χ0n) is 13.1. The van der Waals surface area contributed by atoms with Gasteiger partial charge in [0.2, 0.25) is 0 Å². The summed E-state index contributed by atoms with van der Waals surface area (Å²) in [6, 6.07) is 15.0. The van der Waals surface area contributed by atoms with Gasteiger partial charge in [0.05, 0.1) is 0 Å². The van der Waals surface area contributed by atoms with E-state index in [2.05, 4.69) is 68.6 Å². The molecule has 0 aliphatic heterocycles. The highest BCUT2D eigenvalue weighted by atomic mass is 35.5. The van der Waals surface area contributed by atoms with Gasteiger partial charge in [0, 0.05) is 17.1 Å². The molecule has 1 N–H and O–H groups in total. The fourth-order valence-electron chi connectivity index (χ4n) is 2.36. The molecule has 0 aliphatic rings. The second-order valence-electron chi connectivity index (χ2n) is 5.77. The predicted molar refractivity (Wildman–Crippen MR) is 93.0 cm³/mol. The van der Waals surface area contributed by atoms with Crippen molar-refractivity contribution in [2.75, 3.05) is 6.54 Å². The molecule has 0 aliphatic carbocycles. The maximum absolute atomic E-state index is 6.45. The highest BCUT2D eigenvalue weighted by Gasteiger charge is 2.06. The molecule has 0 radical (unpaired) electrons. The summed E-state index contributed by atoms with van der Waals surface area (Å²) in [6.45, 7) is 8.50. The van der Waals surface area contributed by atoms with Crippen molar-refractivity contribution in [3.63, 3.8) is 0 Å². The van der Waals surface area contributed by atoms with E-state index in [1.165, 1.54) is 16.7 Å². The molecule has 0 fully saturated rings. The molecule has 0 bridgehead atoms. The Hall–Kier alpha value is -1.31. The van der Waals surface area contributed by atoms with Crippen LogP contribution in [-0.4, -0.2) is 6.54 Å². The van der Waals surface area contributed by atoms with Crippen molar-refractivity contribution in [2.45, 2.75) is 39.7 Å². The quantitative estimate of drug-likeness (QED) is 0.682. The molecule has 0 unspecified atom stereocenters. The minimum Gasteiger partial charge on any atom is -0.313 e. The van der Waals surface area contributed by atoms with Crippen LogP contribution in [0, 0.1) is 0 Å². The first kappa shape index (κ1) is 16.1. The molecule has 0 saturated heterocycles. The van der Waals surface area contributed by atoms with Gasteiger partial charge in [-0.2, -0.15) is 0 Å². The maximum Gasteiger partial charge on any atom is 0.0487 e. The summed E-state index contributed by atoms with van der Waals surface area (Å²) in [5.41, 5.74) is 4.87. The fourth-order valence-corrected chi connectivity index (χ4v) is 2.67. The van der Waals surface area contributed by atoms with Crippen LogP contribution in [0.1, 0.15) is 44.2 Å². The van der Waals surface area contributed by atoms with Crippen LogP contribution in [0.2, 0.25) is 5.02 Å². The number of benzene rings is 2. The van der Waals surface area contributed by atoms with Crippen molar-refractivity contribution < 1.29 is 0 Å². The van der Waals surface area contributed by atoms with E-state index < -0.39 is 0 Å². The van der Waals surface area contributed by atoms with Gasteiger partial charge >= 0.3 is 0 Å². The lowest BCUT2D eigenvalue weighted by atomic mass is 9.98. The topological polar surface area (TPSA) is 12.0 Å². The molecule has 0 aromatic heterocycles. The average molecular weight is 302 g/mol. The van der Waals surface area contributed by atoms with Gasteiger partial charge in [-0.25, -0.2) is 0 Å². The number of nitrogens with one attached hydrogen (secondary N) is 1. The van der Waals surface area contributed by atoms with Crippen molar-refractivity contribution >= 4 is 11.6 Å². The molecule has 0 spiro atoms. The van der Waals surface area contributed by atoms with Crippen LogP contribution in [-0.2, 0) is 6.54 Å². The summed E-state index contributed by atoms with van der Waals surface area (Å²) in [5.74, 6) is 0.557. The van der Waals surface area contributed by atoms with Gasteiger partial charge in [-0.15, -0.1) is 0 Å². The van der Waals surface area contributed by atoms with Crippen LogP contribution in [0.25, 0.3) is 11.1 Å². The van der Waals surface area contributed by atoms with Crippen molar-refractivity contribution in [3.8, 4) is 11.1 Å². The first-order valence-corrected chi connectivity index (χ1v) is 8.09. The third kappa shape index (κ3) is 4.33. The van der Waals surface area contributed by atoms with E-state index in [0.29, 0.717) is 5.92 Å². The van der Waals surface area contributed by atoms with E-state index in [1.807, 2.05) is 0 Å². The van der Waals surface area contributed by atoms with Gasteiger partial charge in [-0.1, -0.05) is 68.8 Å². The smallest absolute Gasteiger partial charge is 0.0487 e. The summed E-state index contributed by atoms with van der Waals surface area (Å²) < 4.78 is 0. The largest absolute Gasteiger partial charge is 0.313 e. The fraction of sp³-hybridized carbons (Fsp3) is 0.368. The van der Waals surface area contributed by atoms with Crippen molar-refractivity contribution in [2.24, 2.45) is 0 Å². The SMILES string of the molecule is CCCNCc1ccc(-c2ccc(C(C)C)cc2)c(Cl)c1. The second kappa shape index (κ2) is 7.63. The van der Waals surface area contributed by atoms with Crippen molar-refractivity contribution in [1.29, 1.82) is 0 Å². The molecule has 2 rings (SSSR count). The van der Waals surface area contributed by atoms with Crippen molar-refractivity contribution in [1.82, 2.24) is 5.32 Å². The van der Waals surface area contributed by atoms with E-state index in [4.69, 9.17) is 11.6 Å². The molecule has 0 saturated carbocycles. The van der Waals surface area contributed by atoms with Crippen LogP contribution in [0.3, 0.4) is 0 Å². The Morgan fingerprint density at radius 3 is 2.33 bits per heavy atom. The van der Waals surface area contributed by atoms with E-state index in [9.17, 15) is 0 Å². The van der Waals surface area contributed by atoms with Gasteiger partial charge < -0.3 is 5.32 Å². The average Bonchev–Trinajstić information content (AvgIpc) is 2.48. The normalized spacial score (nSPS) is 11.1. The Kier molecular flexibility index (Phi) is 5.84. The molecular weight excluding hydrogens is 278 g/mol. The summed E-state index contributed by atoms with van der Waals surface area (Å²) in [4.78, 5) is 0. The Labute approximate surface area is 133 Å². The van der Waals surface area contributed by atoms with Crippen molar-refractivity contribution in [3.05, 3.63) is 58.6 Å². The molecule has 2 aromatic rings. The third-order valence-electron chi connectivity index (χ3n) is 3.68. The summed E-state index contributed by atoms with van der Waals surface area (Å²) >= 11 is 6.45. The van der Waals surface area contributed by atoms with E-state index in [1.54, 1.807) is 0 Å². The molecule has 0 amide bonds. The zero-order valence-corrected chi connectivity index (χ0v) is 13.9. The van der Waals surface area contributed by atoms with E-state index in [-0.39, 0.29) is 0 Å². The van der Waals surface area contributed by atoms with E-state index in [0.717, 1.165) is 30.1 Å². The van der Waals surface area contributed by atoms with Crippen LogP contribution in [0.15, 0.2) is 42.5 Å². The van der Waals surface area contributed by atoms with Gasteiger partial charge in [0.1, 0.15) is 0 Å². The maximum atomic E-state index is 6.45. The Morgan fingerprint density at radius 2 is 1.76 bits per heavy atom. The number of rotatable bonds is 6. The lowest BCUT2D eigenvalue weighted by Gasteiger charge is -2.10. The summed E-state index contributed by atoms with van der Waals surface area (Å²) in [5, 5.41) is 4.22. The Morgan fingerprint density at radius 1 is 1.05 bits per heavy atom. The molecule has 21 heavy (non-hydrogen) atoms. The first-order chi connectivity index (χ1) is 10.1. The lowest BCUT2D eigenvalue weighted by Crippen LogP contribution is -2.13. The van der Waals surface area contributed by atoms with E-state index >= 15 is 0 Å². The zero-order chi connectivity index (χ0) is 15.2. The third-order valence-corrected chi connectivity index (χ3v) is 3.99. The Balaban J connectivity index is 2.16. The molecule has 0 atom stereocenters. The molecule has 1 nitrogen and oxygen atoms in total. The number of hydrogen-bond donors (Lipinski definition) is 1. The highest BCUT2D eigenvalue weighted by Crippen LogP contribution is 2.29. The van der Waals surface area contributed by atoms with Gasteiger partial charge in [0.15, 0.2) is 0 Å². The van der Waals surface area contributed by atoms with Crippen LogP contribution in [0.5, 0.6) is 0 Å². The van der Waals surface area contributed by atoms with Crippen LogP contribution < -0.4 is 5.32 Å². The van der Waals surface area contributed by atoms with Gasteiger partial charge in [0.25, 0.3) is 0 Å². The van der Waals surface area contributed by atoms with Crippen LogP contribution >= 0.6 is 11.6 Å². The predicted octanol–water partition coefficient (Wildman–Crippen LogP) is 5.63. The minimum atomic E-state index is 0.557. The monoisotopic (exact) mass is 301 g/mol. The van der Waals surface area contributed by atoms with Crippen LogP contribution in [0.4, 0.5) is 0 Å². The molecule has 2 aromatic carbocycles. The van der Waals surface area contributed by atoms with Gasteiger partial charge in [-0.3, -0.25) is 0 Å². The highest BCUT2D eigenvalue weighted by molar-refractivity contribution is 6.33. The second-order valence-corrected chi connectivity index (χ2v) is 6.17. The Bertz CT molecular complexity index is 573. The molecule has 2 heteroatoms. The molecular formula is C19H24ClN. The van der Waals surface area contributed by atoms with Gasteiger partial charge in [-0.05, 0) is 41.6 Å². The summed E-state index contributed by atoms with van der Waals surface area (Å²) in [7, 11) is 0. The molecule has 112 valence electrons. The molecule has 0 heterocycles. The first-order valence-electron chi connectivity index (χ1n) is 7.71. The minimum absolute atomic E-state index is 0.557. The number of halogens is 1. The summed E-state index contributed by atoms with van der Waals surface area (Å²) in [6.07, 6.45) is 1.15. The lowest BCUT2D eigenvalue weighted by molar-refractivity contribution is 0.675. The number of hydrogen-bond acceptors (Lipinski definition) is 1. The standard InChI is InChI=1S/C19H24ClN/c1-4-11-21-13-15-5-10-18(19(20)12-15)17-8-6-16(7-9-17)14(2)3/h5-10,12,14,21H,4,11,13H2,1-3H3.